The van der Waals surface area contributed by atoms with Crippen molar-refractivity contribution in [1.82, 2.24) is 15.0 Å². The van der Waals surface area contributed by atoms with Gasteiger partial charge in [0.25, 0.3) is 0 Å². The minimum absolute atomic E-state index is 0.0688. The fourth-order valence-corrected chi connectivity index (χ4v) is 7.76. The van der Waals surface area contributed by atoms with Gasteiger partial charge < -0.3 is 4.42 Å². The number of nitrogens with zero attached hydrogens (tertiary/aromatic N) is 3. The fourth-order valence-electron chi connectivity index (χ4n) is 7.76. The Kier molecular flexibility index (Phi) is 5.70. The monoisotopic (exact) mass is 672 g/mol. The molecule has 0 N–H and O–H groups in total. The van der Waals surface area contributed by atoms with E-state index >= 15 is 0 Å². The molecule has 10 rings (SSSR count). The fraction of sp³-hybridized carbons (Fsp3) is 0.0625. The molecule has 0 saturated heterocycles. The first-order valence-electron chi connectivity index (χ1n) is 19.8. The van der Waals surface area contributed by atoms with Gasteiger partial charge in [-0.3, -0.25) is 0 Å². The molecule has 246 valence electrons. The van der Waals surface area contributed by atoms with Crippen LogP contribution in [0.4, 0.5) is 0 Å². The normalized spacial score (nSPS) is 14.3. The molecule has 2 heterocycles. The molecule has 1 aliphatic rings. The standard InChI is InChI=1S/C48H33N3O/c1-48(2)39-25-13-12-22-34(39)42-35(23-14-26-40(42)48)46-49-45(32-20-10-5-11-21-32)50-47(51-46)36-24-15-27-41-43(36)38-29-33(30-16-6-3-7-17-30)28-37(44(38)52-41)31-18-8-4-9-19-31/h3-29H,1-2H3/i4D,8D,9D,18D,19D. The van der Waals surface area contributed by atoms with Crippen molar-refractivity contribution in [3.63, 3.8) is 0 Å². The highest BCUT2D eigenvalue weighted by molar-refractivity contribution is 6.16. The topological polar surface area (TPSA) is 51.8 Å². The Morgan fingerprint density at radius 2 is 1.12 bits per heavy atom. The van der Waals surface area contributed by atoms with Crippen LogP contribution in [0.25, 0.3) is 89.5 Å². The summed E-state index contributed by atoms with van der Waals surface area (Å²) in [5, 5.41) is 1.43. The molecule has 0 saturated carbocycles. The molecule has 1 aliphatic carbocycles. The van der Waals surface area contributed by atoms with Crippen LogP contribution in [0.15, 0.2) is 168 Å². The smallest absolute Gasteiger partial charge is 0.164 e. The van der Waals surface area contributed by atoms with Crippen LogP contribution in [0.3, 0.4) is 0 Å². The quantitative estimate of drug-likeness (QED) is 0.183. The summed E-state index contributed by atoms with van der Waals surface area (Å²) in [5.41, 5.74) is 10.1. The Labute approximate surface area is 309 Å². The summed E-state index contributed by atoms with van der Waals surface area (Å²) >= 11 is 0. The van der Waals surface area contributed by atoms with Crippen molar-refractivity contribution in [2.24, 2.45) is 0 Å². The Balaban J connectivity index is 1.28. The van der Waals surface area contributed by atoms with E-state index in [2.05, 4.69) is 56.3 Å². The van der Waals surface area contributed by atoms with Gasteiger partial charge in [-0.2, -0.15) is 0 Å². The van der Waals surface area contributed by atoms with E-state index in [9.17, 15) is 0 Å². The van der Waals surface area contributed by atoms with Crippen LogP contribution < -0.4 is 0 Å². The maximum absolute atomic E-state index is 8.93. The average Bonchev–Trinajstić information content (AvgIpc) is 3.75. The maximum Gasteiger partial charge on any atom is 0.164 e. The molecule has 4 heteroatoms. The van der Waals surface area contributed by atoms with E-state index in [1.165, 1.54) is 11.1 Å². The second kappa shape index (κ2) is 11.7. The highest BCUT2D eigenvalue weighted by Crippen LogP contribution is 2.52. The van der Waals surface area contributed by atoms with Crippen LogP contribution in [-0.4, -0.2) is 15.0 Å². The van der Waals surface area contributed by atoms with Gasteiger partial charge in [-0.15, -0.1) is 0 Å². The molecular formula is C48H33N3O. The molecular weight excluding hydrogens is 635 g/mol. The zero-order chi connectivity index (χ0) is 39.2. The average molecular weight is 673 g/mol. The molecule has 0 amide bonds. The number of hydrogen-bond acceptors (Lipinski definition) is 4. The number of rotatable bonds is 5. The summed E-state index contributed by atoms with van der Waals surface area (Å²) < 4.78 is 49.8. The largest absolute Gasteiger partial charge is 0.455 e. The molecule has 0 fully saturated rings. The first-order chi connectivity index (χ1) is 27.6. The Morgan fingerprint density at radius 1 is 0.500 bits per heavy atom. The summed E-state index contributed by atoms with van der Waals surface area (Å²) in [6.07, 6.45) is 0. The summed E-state index contributed by atoms with van der Waals surface area (Å²) in [6, 6.07) is 42.3. The molecule has 0 unspecified atom stereocenters. The Morgan fingerprint density at radius 3 is 1.90 bits per heavy atom. The third-order valence-corrected chi connectivity index (χ3v) is 10.2. The molecule has 0 spiro atoms. The van der Waals surface area contributed by atoms with Crippen molar-refractivity contribution < 1.29 is 11.3 Å². The Bertz CT molecular complexity index is 3080. The van der Waals surface area contributed by atoms with Crippen LogP contribution in [-0.2, 0) is 5.41 Å². The lowest BCUT2D eigenvalue weighted by atomic mass is 9.82. The number of furan rings is 1. The summed E-state index contributed by atoms with van der Waals surface area (Å²) in [5.74, 6) is 1.51. The molecule has 0 aliphatic heterocycles. The van der Waals surface area contributed by atoms with Gasteiger partial charge in [-0.1, -0.05) is 159 Å². The molecule has 7 aromatic carbocycles. The van der Waals surface area contributed by atoms with Crippen LogP contribution in [0.5, 0.6) is 0 Å². The van der Waals surface area contributed by atoms with Crippen molar-refractivity contribution in [2.75, 3.05) is 0 Å². The van der Waals surface area contributed by atoms with Crippen molar-refractivity contribution in [3.05, 3.63) is 175 Å². The van der Waals surface area contributed by atoms with Gasteiger partial charge in [0, 0.05) is 38.4 Å². The highest BCUT2D eigenvalue weighted by Gasteiger charge is 2.37. The maximum atomic E-state index is 8.93. The second-order valence-corrected chi connectivity index (χ2v) is 13.6. The van der Waals surface area contributed by atoms with E-state index in [0.717, 1.165) is 38.8 Å². The number of aromatic nitrogens is 3. The van der Waals surface area contributed by atoms with Gasteiger partial charge in [0.15, 0.2) is 17.5 Å². The van der Waals surface area contributed by atoms with Crippen molar-refractivity contribution >= 4 is 21.9 Å². The van der Waals surface area contributed by atoms with Crippen molar-refractivity contribution in [2.45, 2.75) is 19.3 Å². The molecule has 0 bridgehead atoms. The van der Waals surface area contributed by atoms with Gasteiger partial charge in [0.2, 0.25) is 0 Å². The van der Waals surface area contributed by atoms with E-state index in [1.807, 2.05) is 91.0 Å². The third-order valence-electron chi connectivity index (χ3n) is 10.2. The molecule has 0 atom stereocenters. The Hall–Kier alpha value is -6.65. The highest BCUT2D eigenvalue weighted by atomic mass is 16.3. The number of hydrogen-bond donors (Lipinski definition) is 0. The lowest BCUT2D eigenvalue weighted by Crippen LogP contribution is -2.14. The second-order valence-electron chi connectivity index (χ2n) is 13.6. The lowest BCUT2D eigenvalue weighted by Gasteiger charge is -2.21. The van der Waals surface area contributed by atoms with E-state index in [-0.39, 0.29) is 23.1 Å². The summed E-state index contributed by atoms with van der Waals surface area (Å²) in [4.78, 5) is 15.5. The SMILES string of the molecule is [2H]c1c([2H])c([2H])c(-c2cc(-c3ccccc3)cc3c2oc2cccc(-c4nc(-c5ccccc5)nc(-c5cccc6c5-c5ccccc5C6(C)C)n4)c23)c([2H])c1[2H]. The van der Waals surface area contributed by atoms with Crippen LogP contribution in [0, 0.1) is 0 Å². The van der Waals surface area contributed by atoms with E-state index < -0.39 is 18.1 Å². The van der Waals surface area contributed by atoms with Gasteiger partial charge in [-0.25, -0.2) is 15.0 Å². The summed E-state index contributed by atoms with van der Waals surface area (Å²) in [6.45, 7) is 4.51. The predicted molar refractivity (Wildman–Crippen MR) is 212 cm³/mol. The predicted octanol–water partition coefficient (Wildman–Crippen LogP) is 12.4. The van der Waals surface area contributed by atoms with E-state index in [0.29, 0.717) is 45.2 Å². The van der Waals surface area contributed by atoms with Gasteiger partial charge in [-0.05, 0) is 57.1 Å². The third kappa shape index (κ3) is 4.72. The van der Waals surface area contributed by atoms with Crippen molar-refractivity contribution in [1.29, 1.82) is 0 Å². The van der Waals surface area contributed by atoms with Gasteiger partial charge >= 0.3 is 0 Å². The molecule has 4 nitrogen and oxygen atoms in total. The number of fused-ring (bicyclic) bond motifs is 6. The number of benzene rings is 7. The first-order valence-corrected chi connectivity index (χ1v) is 17.3. The van der Waals surface area contributed by atoms with E-state index in [1.54, 1.807) is 0 Å². The zero-order valence-electron chi connectivity index (χ0n) is 33.5. The van der Waals surface area contributed by atoms with Gasteiger partial charge in [0.1, 0.15) is 11.2 Å². The molecule has 2 aromatic heterocycles. The van der Waals surface area contributed by atoms with Crippen molar-refractivity contribution in [3.8, 4) is 67.5 Å². The van der Waals surface area contributed by atoms with Crippen LogP contribution >= 0.6 is 0 Å². The van der Waals surface area contributed by atoms with Crippen LogP contribution in [0.1, 0.15) is 31.8 Å². The molecule has 52 heavy (non-hydrogen) atoms. The lowest BCUT2D eigenvalue weighted by molar-refractivity contribution is 0.660. The minimum atomic E-state index is -0.452. The first kappa shape index (κ1) is 25.3. The van der Waals surface area contributed by atoms with Crippen LogP contribution in [0.2, 0.25) is 0 Å². The summed E-state index contributed by atoms with van der Waals surface area (Å²) in [7, 11) is 0. The minimum Gasteiger partial charge on any atom is -0.455 e. The molecule has 9 aromatic rings. The van der Waals surface area contributed by atoms with Gasteiger partial charge in [0.05, 0.1) is 6.85 Å². The van der Waals surface area contributed by atoms with E-state index in [4.69, 9.17) is 26.2 Å². The molecule has 0 radical (unpaired) electrons. The zero-order valence-corrected chi connectivity index (χ0v) is 28.5.